The van der Waals surface area contributed by atoms with Gasteiger partial charge in [0.05, 0.1) is 0 Å². The van der Waals surface area contributed by atoms with E-state index >= 15 is 0 Å². The molecule has 4 heteroatoms. The lowest BCUT2D eigenvalue weighted by atomic mass is 10.1. The molecular weight excluding hydrogens is 330 g/mol. The Balaban J connectivity index is 2.42. The molecular formula is C21H30ClN3. The molecule has 0 aliphatic carbocycles. The molecule has 0 spiro atoms. The molecule has 0 saturated heterocycles. The van der Waals surface area contributed by atoms with Crippen molar-refractivity contribution in [1.29, 1.82) is 0 Å². The maximum Gasteiger partial charge on any atom is 0.161 e. The summed E-state index contributed by atoms with van der Waals surface area (Å²) in [5.41, 5.74) is 2.10. The smallest absolute Gasteiger partial charge is 0.161 e. The van der Waals surface area contributed by atoms with Gasteiger partial charge >= 0.3 is 0 Å². The lowest BCUT2D eigenvalue weighted by molar-refractivity contribution is 0.668. The van der Waals surface area contributed by atoms with Gasteiger partial charge in [-0.1, -0.05) is 52.1 Å². The van der Waals surface area contributed by atoms with Gasteiger partial charge < -0.3 is 4.90 Å². The highest BCUT2D eigenvalue weighted by atomic mass is 35.5. The summed E-state index contributed by atoms with van der Waals surface area (Å²) in [6.07, 6.45) is 4.74. The van der Waals surface area contributed by atoms with Gasteiger partial charge in [-0.2, -0.15) is 0 Å². The zero-order valence-corrected chi connectivity index (χ0v) is 16.7. The molecule has 1 aromatic carbocycles. The molecule has 0 aliphatic rings. The molecule has 3 nitrogen and oxygen atoms in total. The van der Waals surface area contributed by atoms with Gasteiger partial charge in [-0.15, -0.1) is 0 Å². The Kier molecular flexibility index (Phi) is 7.70. The fourth-order valence-corrected chi connectivity index (χ4v) is 2.80. The molecule has 1 aromatic heterocycles. The van der Waals surface area contributed by atoms with Crippen LogP contribution < -0.4 is 4.90 Å². The topological polar surface area (TPSA) is 29.0 Å². The zero-order chi connectivity index (χ0) is 18.2. The molecule has 2 rings (SSSR count). The maximum absolute atomic E-state index is 6.03. The van der Waals surface area contributed by atoms with Crippen LogP contribution in [0.4, 0.5) is 5.82 Å². The summed E-state index contributed by atoms with van der Waals surface area (Å²) in [6, 6.07) is 9.94. The lowest BCUT2D eigenvalue weighted by Gasteiger charge is -2.25. The van der Waals surface area contributed by atoms with E-state index in [1.54, 1.807) is 0 Å². The van der Waals surface area contributed by atoms with Crippen LogP contribution >= 0.6 is 11.6 Å². The Hall–Kier alpha value is -1.61. The van der Waals surface area contributed by atoms with Crippen LogP contribution in [0.5, 0.6) is 0 Å². The molecule has 0 N–H and O–H groups in total. The fraction of sp³-hybridized carbons (Fsp3) is 0.524. The van der Waals surface area contributed by atoms with Crippen LogP contribution in [0.15, 0.2) is 30.3 Å². The summed E-state index contributed by atoms with van der Waals surface area (Å²) in [6.45, 7) is 10.9. The van der Waals surface area contributed by atoms with Crippen molar-refractivity contribution in [1.82, 2.24) is 9.97 Å². The minimum absolute atomic E-state index is 0.368. The van der Waals surface area contributed by atoms with Crippen molar-refractivity contribution in [3.8, 4) is 11.4 Å². The third-order valence-electron chi connectivity index (χ3n) is 4.31. The summed E-state index contributed by atoms with van der Waals surface area (Å²) in [4.78, 5) is 12.1. The van der Waals surface area contributed by atoms with Gasteiger partial charge in [0.25, 0.3) is 0 Å². The van der Waals surface area contributed by atoms with E-state index in [4.69, 9.17) is 21.6 Å². The first-order valence-electron chi connectivity index (χ1n) is 9.45. The second-order valence-electron chi connectivity index (χ2n) is 6.83. The summed E-state index contributed by atoms with van der Waals surface area (Å²) < 4.78 is 0. The zero-order valence-electron chi connectivity index (χ0n) is 15.9. The molecule has 0 aliphatic heterocycles. The number of unbranched alkanes of at least 4 members (excludes halogenated alkanes) is 2. The van der Waals surface area contributed by atoms with Crippen molar-refractivity contribution in [2.45, 2.75) is 59.3 Å². The number of hydrogen-bond donors (Lipinski definition) is 0. The van der Waals surface area contributed by atoms with Gasteiger partial charge in [-0.3, -0.25) is 0 Å². The monoisotopic (exact) mass is 359 g/mol. The predicted octanol–water partition coefficient (Wildman–Crippen LogP) is 6.33. The molecule has 25 heavy (non-hydrogen) atoms. The molecule has 0 fully saturated rings. The SMILES string of the molecule is CCCCN(CCCC)c1cc(C(C)C)nc(-c2ccc(Cl)cc2)n1. The van der Waals surface area contributed by atoms with Gasteiger partial charge in [0.2, 0.25) is 0 Å². The highest BCUT2D eigenvalue weighted by Gasteiger charge is 2.14. The van der Waals surface area contributed by atoms with Crippen LogP contribution in [0.1, 0.15) is 65.0 Å². The molecule has 0 amide bonds. The highest BCUT2D eigenvalue weighted by molar-refractivity contribution is 6.30. The Morgan fingerprint density at radius 1 is 0.960 bits per heavy atom. The average molecular weight is 360 g/mol. The molecule has 0 unspecified atom stereocenters. The normalized spacial score (nSPS) is 11.1. The van der Waals surface area contributed by atoms with Gasteiger partial charge in [-0.05, 0) is 43.0 Å². The van der Waals surface area contributed by atoms with E-state index in [0.717, 1.165) is 41.0 Å². The summed E-state index contributed by atoms with van der Waals surface area (Å²) in [5.74, 6) is 2.20. The lowest BCUT2D eigenvalue weighted by Crippen LogP contribution is -2.27. The van der Waals surface area contributed by atoms with Crippen molar-refractivity contribution >= 4 is 17.4 Å². The van der Waals surface area contributed by atoms with E-state index < -0.39 is 0 Å². The second-order valence-corrected chi connectivity index (χ2v) is 7.27. The van der Waals surface area contributed by atoms with Crippen molar-refractivity contribution in [3.63, 3.8) is 0 Å². The van der Waals surface area contributed by atoms with Gasteiger partial charge in [0.15, 0.2) is 5.82 Å². The van der Waals surface area contributed by atoms with E-state index in [1.165, 1.54) is 25.7 Å². The molecule has 136 valence electrons. The van der Waals surface area contributed by atoms with Crippen LogP contribution in [0.25, 0.3) is 11.4 Å². The number of hydrogen-bond acceptors (Lipinski definition) is 3. The summed E-state index contributed by atoms with van der Waals surface area (Å²) in [5, 5.41) is 0.733. The molecule has 1 heterocycles. The predicted molar refractivity (Wildman–Crippen MR) is 109 cm³/mol. The molecule has 0 saturated carbocycles. The Morgan fingerprint density at radius 2 is 1.56 bits per heavy atom. The first kappa shape index (κ1) is 19.7. The van der Waals surface area contributed by atoms with Crippen molar-refractivity contribution in [2.75, 3.05) is 18.0 Å². The van der Waals surface area contributed by atoms with E-state index in [9.17, 15) is 0 Å². The van der Waals surface area contributed by atoms with Crippen LogP contribution in [-0.4, -0.2) is 23.1 Å². The van der Waals surface area contributed by atoms with Crippen molar-refractivity contribution in [2.24, 2.45) is 0 Å². The van der Waals surface area contributed by atoms with E-state index in [1.807, 2.05) is 24.3 Å². The average Bonchev–Trinajstić information content (AvgIpc) is 2.62. The van der Waals surface area contributed by atoms with E-state index in [0.29, 0.717) is 5.92 Å². The maximum atomic E-state index is 6.03. The summed E-state index contributed by atoms with van der Waals surface area (Å²) >= 11 is 6.03. The Labute approximate surface area is 157 Å². The van der Waals surface area contributed by atoms with Gasteiger partial charge in [0, 0.05) is 35.4 Å². The van der Waals surface area contributed by atoms with E-state index in [-0.39, 0.29) is 0 Å². The molecule has 0 bridgehead atoms. The molecule has 0 atom stereocenters. The van der Waals surface area contributed by atoms with Gasteiger partial charge in [-0.25, -0.2) is 9.97 Å². The van der Waals surface area contributed by atoms with Crippen molar-refractivity contribution < 1.29 is 0 Å². The minimum Gasteiger partial charge on any atom is -0.356 e. The number of nitrogens with zero attached hydrogens (tertiary/aromatic N) is 3. The largest absolute Gasteiger partial charge is 0.356 e. The van der Waals surface area contributed by atoms with Crippen LogP contribution in [0.2, 0.25) is 5.02 Å². The van der Waals surface area contributed by atoms with Gasteiger partial charge in [0.1, 0.15) is 5.82 Å². The Morgan fingerprint density at radius 3 is 2.08 bits per heavy atom. The third-order valence-corrected chi connectivity index (χ3v) is 4.57. The first-order chi connectivity index (χ1) is 12.0. The van der Waals surface area contributed by atoms with Crippen LogP contribution in [0.3, 0.4) is 0 Å². The number of anilines is 1. The number of benzene rings is 1. The molecule has 0 radical (unpaired) electrons. The van der Waals surface area contributed by atoms with Crippen LogP contribution in [-0.2, 0) is 0 Å². The fourth-order valence-electron chi connectivity index (χ4n) is 2.68. The first-order valence-corrected chi connectivity index (χ1v) is 9.82. The third kappa shape index (κ3) is 5.71. The minimum atomic E-state index is 0.368. The number of rotatable bonds is 9. The quantitative estimate of drug-likeness (QED) is 0.524. The van der Waals surface area contributed by atoms with E-state index in [2.05, 4.69) is 38.7 Å². The molecule has 2 aromatic rings. The highest BCUT2D eigenvalue weighted by Crippen LogP contribution is 2.25. The summed E-state index contributed by atoms with van der Waals surface area (Å²) in [7, 11) is 0. The second kappa shape index (κ2) is 9.76. The van der Waals surface area contributed by atoms with Crippen molar-refractivity contribution in [3.05, 3.63) is 41.0 Å². The number of halogens is 1. The Bertz CT molecular complexity index is 645. The van der Waals surface area contributed by atoms with Crippen LogP contribution in [0, 0.1) is 0 Å². The standard InChI is InChI=1S/C21H30ClN3/c1-5-7-13-25(14-8-6-2)20-15-19(16(3)4)23-21(24-20)17-9-11-18(22)12-10-17/h9-12,15-16H,5-8,13-14H2,1-4H3. The number of aromatic nitrogens is 2.